The number of benzene rings is 1. The van der Waals surface area contributed by atoms with Crippen LogP contribution in [0.25, 0.3) is 0 Å². The summed E-state index contributed by atoms with van der Waals surface area (Å²) in [7, 11) is 0. The minimum atomic E-state index is -0.343. The number of hydrogen-bond acceptors (Lipinski definition) is 1. The second kappa shape index (κ2) is 4.49. The number of halogens is 2. The van der Waals surface area contributed by atoms with Gasteiger partial charge in [-0.2, -0.15) is 0 Å². The van der Waals surface area contributed by atoms with Crippen molar-refractivity contribution >= 4 is 17.5 Å². The van der Waals surface area contributed by atoms with Crippen LogP contribution >= 0.6 is 11.6 Å². The SMILES string of the molecule is C=CC(=O)NCC1(c2ccc(F)cc2Cl)CC1. The molecule has 2 rings (SSSR count). The molecule has 0 aromatic heterocycles. The lowest BCUT2D eigenvalue weighted by atomic mass is 9.95. The predicted octanol–water partition coefficient (Wildman–Crippen LogP) is 2.81. The summed E-state index contributed by atoms with van der Waals surface area (Å²) >= 11 is 6.03. The van der Waals surface area contributed by atoms with Crippen LogP contribution in [0.4, 0.5) is 4.39 Å². The molecule has 0 spiro atoms. The third-order valence-corrected chi connectivity index (χ3v) is 3.46. The lowest BCUT2D eigenvalue weighted by Crippen LogP contribution is -2.31. The summed E-state index contributed by atoms with van der Waals surface area (Å²) in [6.07, 6.45) is 3.15. The van der Waals surface area contributed by atoms with Crippen LogP contribution in [-0.2, 0) is 10.2 Å². The molecule has 0 heterocycles. The van der Waals surface area contributed by atoms with Gasteiger partial charge in [-0.05, 0) is 36.6 Å². The topological polar surface area (TPSA) is 29.1 Å². The van der Waals surface area contributed by atoms with Crippen LogP contribution in [0.15, 0.2) is 30.9 Å². The quantitative estimate of drug-likeness (QED) is 0.822. The van der Waals surface area contributed by atoms with Crippen molar-refractivity contribution in [2.45, 2.75) is 18.3 Å². The molecule has 4 heteroatoms. The van der Waals surface area contributed by atoms with Crippen molar-refractivity contribution in [2.75, 3.05) is 6.54 Å². The van der Waals surface area contributed by atoms with Crippen LogP contribution in [0.5, 0.6) is 0 Å². The Bertz CT molecular complexity index is 468. The Morgan fingerprint density at radius 3 is 2.82 bits per heavy atom. The molecule has 17 heavy (non-hydrogen) atoms. The zero-order valence-corrected chi connectivity index (χ0v) is 10.1. The number of carbonyl (C=O) groups is 1. The molecule has 90 valence electrons. The fourth-order valence-electron chi connectivity index (χ4n) is 1.94. The van der Waals surface area contributed by atoms with E-state index in [9.17, 15) is 9.18 Å². The molecule has 0 saturated heterocycles. The molecule has 2 nitrogen and oxygen atoms in total. The maximum absolute atomic E-state index is 13.0. The number of amides is 1. The van der Waals surface area contributed by atoms with Gasteiger partial charge in [0.1, 0.15) is 5.82 Å². The second-order valence-corrected chi connectivity index (χ2v) is 4.73. The van der Waals surface area contributed by atoms with Crippen LogP contribution in [0, 0.1) is 5.82 Å². The molecule has 0 bridgehead atoms. The molecular weight excluding hydrogens is 241 g/mol. The van der Waals surface area contributed by atoms with E-state index >= 15 is 0 Å². The monoisotopic (exact) mass is 253 g/mol. The van der Waals surface area contributed by atoms with Gasteiger partial charge in [0.25, 0.3) is 0 Å². The average Bonchev–Trinajstić information content (AvgIpc) is 3.07. The lowest BCUT2D eigenvalue weighted by Gasteiger charge is -2.17. The van der Waals surface area contributed by atoms with E-state index < -0.39 is 0 Å². The van der Waals surface area contributed by atoms with Gasteiger partial charge in [0.2, 0.25) is 5.91 Å². The maximum Gasteiger partial charge on any atom is 0.243 e. The van der Waals surface area contributed by atoms with Gasteiger partial charge >= 0.3 is 0 Å². The van der Waals surface area contributed by atoms with E-state index in [-0.39, 0.29) is 17.1 Å². The zero-order valence-electron chi connectivity index (χ0n) is 9.30. The highest BCUT2D eigenvalue weighted by Crippen LogP contribution is 2.50. The lowest BCUT2D eigenvalue weighted by molar-refractivity contribution is -0.116. The molecule has 1 aromatic carbocycles. The van der Waals surface area contributed by atoms with Crippen molar-refractivity contribution in [3.63, 3.8) is 0 Å². The van der Waals surface area contributed by atoms with Gasteiger partial charge in [0, 0.05) is 17.0 Å². The minimum Gasteiger partial charge on any atom is -0.352 e. The van der Waals surface area contributed by atoms with E-state index in [4.69, 9.17) is 11.6 Å². The van der Waals surface area contributed by atoms with Crippen molar-refractivity contribution < 1.29 is 9.18 Å². The molecular formula is C13H13ClFNO. The minimum absolute atomic E-state index is 0.122. The first kappa shape index (κ1) is 12.1. The standard InChI is InChI=1S/C13H13ClFNO/c1-2-12(17)16-8-13(5-6-13)10-4-3-9(15)7-11(10)14/h2-4,7H,1,5-6,8H2,(H,16,17). The van der Waals surface area contributed by atoms with Crippen molar-refractivity contribution in [2.24, 2.45) is 0 Å². The fourth-order valence-corrected chi connectivity index (χ4v) is 2.31. The predicted molar refractivity (Wildman–Crippen MR) is 65.5 cm³/mol. The first-order valence-corrected chi connectivity index (χ1v) is 5.81. The Hall–Kier alpha value is -1.35. The van der Waals surface area contributed by atoms with Gasteiger partial charge in [-0.3, -0.25) is 4.79 Å². The Balaban J connectivity index is 2.15. The summed E-state index contributed by atoms with van der Waals surface area (Å²) in [5.74, 6) is -0.542. The molecule has 0 aliphatic heterocycles. The summed E-state index contributed by atoms with van der Waals surface area (Å²) in [6.45, 7) is 3.91. The van der Waals surface area contributed by atoms with Crippen LogP contribution < -0.4 is 5.32 Å². The summed E-state index contributed by atoms with van der Waals surface area (Å²) in [4.78, 5) is 11.1. The molecule has 0 radical (unpaired) electrons. The summed E-state index contributed by atoms with van der Waals surface area (Å²) < 4.78 is 13.0. The molecule has 0 unspecified atom stereocenters. The van der Waals surface area contributed by atoms with E-state index in [2.05, 4.69) is 11.9 Å². The Morgan fingerprint density at radius 1 is 1.59 bits per heavy atom. The second-order valence-electron chi connectivity index (χ2n) is 4.33. The number of rotatable bonds is 4. The van der Waals surface area contributed by atoms with Gasteiger partial charge in [-0.25, -0.2) is 4.39 Å². The van der Waals surface area contributed by atoms with Crippen molar-refractivity contribution in [3.8, 4) is 0 Å². The Labute approximate surface area is 104 Å². The molecule has 0 atom stereocenters. The van der Waals surface area contributed by atoms with Crippen LogP contribution in [0.3, 0.4) is 0 Å². The third kappa shape index (κ3) is 2.50. The van der Waals surface area contributed by atoms with Crippen LogP contribution in [0.2, 0.25) is 5.02 Å². The van der Waals surface area contributed by atoms with E-state index in [0.29, 0.717) is 11.6 Å². The number of nitrogens with one attached hydrogen (secondary N) is 1. The highest BCUT2D eigenvalue weighted by molar-refractivity contribution is 6.31. The van der Waals surface area contributed by atoms with Gasteiger partial charge < -0.3 is 5.32 Å². The van der Waals surface area contributed by atoms with Gasteiger partial charge in [0.15, 0.2) is 0 Å². The first-order valence-electron chi connectivity index (χ1n) is 5.43. The Morgan fingerprint density at radius 2 is 2.29 bits per heavy atom. The van der Waals surface area contributed by atoms with E-state index in [1.807, 2.05) is 0 Å². The largest absolute Gasteiger partial charge is 0.352 e. The summed E-state index contributed by atoms with van der Waals surface area (Å²) in [5, 5.41) is 3.19. The van der Waals surface area contributed by atoms with Crippen molar-refractivity contribution in [1.82, 2.24) is 5.32 Å². The highest BCUT2D eigenvalue weighted by atomic mass is 35.5. The van der Waals surface area contributed by atoms with E-state index in [1.54, 1.807) is 6.07 Å². The Kier molecular flexibility index (Phi) is 3.20. The van der Waals surface area contributed by atoms with Crippen LogP contribution in [0.1, 0.15) is 18.4 Å². The molecule has 1 aliphatic carbocycles. The molecule has 1 N–H and O–H groups in total. The zero-order chi connectivity index (χ0) is 12.5. The average molecular weight is 254 g/mol. The molecule has 1 fully saturated rings. The van der Waals surface area contributed by atoms with E-state index in [0.717, 1.165) is 18.4 Å². The normalized spacial score (nSPS) is 16.4. The molecule has 1 saturated carbocycles. The van der Waals surface area contributed by atoms with Gasteiger partial charge in [-0.15, -0.1) is 0 Å². The van der Waals surface area contributed by atoms with Crippen molar-refractivity contribution in [1.29, 1.82) is 0 Å². The third-order valence-electron chi connectivity index (χ3n) is 3.14. The maximum atomic E-state index is 13.0. The van der Waals surface area contributed by atoms with Crippen molar-refractivity contribution in [3.05, 3.63) is 47.3 Å². The fraction of sp³-hybridized carbons (Fsp3) is 0.308. The van der Waals surface area contributed by atoms with Gasteiger partial charge in [0.05, 0.1) is 0 Å². The molecule has 1 amide bonds. The number of hydrogen-bond donors (Lipinski definition) is 1. The van der Waals surface area contributed by atoms with E-state index in [1.165, 1.54) is 18.2 Å². The highest BCUT2D eigenvalue weighted by Gasteiger charge is 2.45. The molecule has 1 aliphatic rings. The first-order chi connectivity index (χ1) is 8.07. The van der Waals surface area contributed by atoms with Crippen LogP contribution in [-0.4, -0.2) is 12.5 Å². The van der Waals surface area contributed by atoms with Gasteiger partial charge in [-0.1, -0.05) is 24.2 Å². The summed E-state index contributed by atoms with van der Waals surface area (Å²) in [6, 6.07) is 4.41. The summed E-state index contributed by atoms with van der Waals surface area (Å²) in [5.41, 5.74) is 0.786. The number of carbonyl (C=O) groups excluding carboxylic acids is 1. The smallest absolute Gasteiger partial charge is 0.243 e. The molecule has 1 aromatic rings.